The minimum Gasteiger partial charge on any atom is -0.363 e. The van der Waals surface area contributed by atoms with Gasteiger partial charge in [0, 0.05) is 49.7 Å². The number of hydrogen-bond acceptors (Lipinski definition) is 5. The lowest BCUT2D eigenvalue weighted by atomic mass is 9.87. The largest absolute Gasteiger partial charge is 0.363 e. The number of rotatable bonds is 15. The molecular formula is C52H49N5. The molecule has 0 spiro atoms. The maximum absolute atomic E-state index is 5.27. The second-order valence-corrected chi connectivity index (χ2v) is 14.7. The van der Waals surface area contributed by atoms with Gasteiger partial charge in [-0.05, 0) is 82.3 Å². The molecule has 0 fully saturated rings. The molecule has 1 aromatic heterocycles. The highest BCUT2D eigenvalue weighted by atomic mass is 15.5. The minimum absolute atomic E-state index is 0.0159. The van der Waals surface area contributed by atoms with E-state index in [9.17, 15) is 0 Å². The van der Waals surface area contributed by atoms with Crippen molar-refractivity contribution in [3.05, 3.63) is 234 Å². The smallest absolute Gasteiger partial charge is 0.149 e. The molecule has 0 saturated carbocycles. The van der Waals surface area contributed by atoms with Gasteiger partial charge in [-0.1, -0.05) is 165 Å². The summed E-state index contributed by atoms with van der Waals surface area (Å²) in [5.74, 6) is 1.04. The Hall–Kier alpha value is -6.72. The van der Waals surface area contributed by atoms with Crippen molar-refractivity contribution in [1.82, 2.24) is 4.98 Å². The van der Waals surface area contributed by atoms with Gasteiger partial charge < -0.3 is 9.80 Å². The molecule has 8 rings (SSSR count). The third-order valence-corrected chi connectivity index (χ3v) is 10.7. The van der Waals surface area contributed by atoms with Crippen molar-refractivity contribution < 1.29 is 0 Å². The van der Waals surface area contributed by atoms with Crippen molar-refractivity contribution in [3.63, 3.8) is 0 Å². The van der Waals surface area contributed by atoms with E-state index in [1.807, 2.05) is 18.3 Å². The molecule has 57 heavy (non-hydrogen) atoms. The Morgan fingerprint density at radius 1 is 0.491 bits per heavy atom. The van der Waals surface area contributed by atoms with Gasteiger partial charge in [0.1, 0.15) is 5.82 Å². The van der Waals surface area contributed by atoms with Gasteiger partial charge in [0.25, 0.3) is 0 Å². The van der Waals surface area contributed by atoms with Crippen LogP contribution in [-0.4, -0.2) is 10.7 Å². The zero-order valence-corrected chi connectivity index (χ0v) is 32.6. The molecule has 1 aliphatic rings. The average Bonchev–Trinajstić information content (AvgIpc) is 3.66. The third kappa shape index (κ3) is 9.40. The van der Waals surface area contributed by atoms with E-state index < -0.39 is 0 Å². The second kappa shape index (κ2) is 18.3. The van der Waals surface area contributed by atoms with Gasteiger partial charge in [-0.15, -0.1) is 0 Å². The molecule has 5 heteroatoms. The summed E-state index contributed by atoms with van der Waals surface area (Å²) in [4.78, 5) is 9.66. The number of aromatic nitrogens is 1. The van der Waals surface area contributed by atoms with E-state index in [1.54, 1.807) is 0 Å². The molecular weight excluding hydrogens is 695 g/mol. The van der Waals surface area contributed by atoms with Crippen molar-refractivity contribution in [1.29, 1.82) is 0 Å². The standard InChI is InChI=1S/C52H49N5/c1-2-49-50(35-28-41-26-31-47(32-27-41)55(37-42-17-7-3-8-18-42)38-43-19-9-4-10-20-43)54-57(51-25-15-16-36-53-51)52(49)46-29-33-48(34-30-46)56(39-44-21-11-5-12-22-44)40-45-23-13-6-14-24-45/h3-36,49,52H,2,37-40H2,1H3. The molecule has 6 aromatic carbocycles. The Kier molecular flexibility index (Phi) is 11.9. The maximum atomic E-state index is 5.27. The summed E-state index contributed by atoms with van der Waals surface area (Å²) in [7, 11) is 0. The average molecular weight is 744 g/mol. The summed E-state index contributed by atoms with van der Waals surface area (Å²) in [5.41, 5.74) is 11.0. The Morgan fingerprint density at radius 3 is 1.35 bits per heavy atom. The molecule has 0 saturated heterocycles. The molecule has 0 radical (unpaired) electrons. The van der Waals surface area contributed by atoms with Crippen molar-refractivity contribution in [2.45, 2.75) is 45.6 Å². The number of allylic oxidation sites excluding steroid dienone is 1. The fourth-order valence-corrected chi connectivity index (χ4v) is 7.79. The lowest BCUT2D eigenvalue weighted by Crippen LogP contribution is -2.26. The van der Waals surface area contributed by atoms with E-state index in [0.717, 1.165) is 49.7 Å². The van der Waals surface area contributed by atoms with Gasteiger partial charge in [0.15, 0.2) is 0 Å². The second-order valence-electron chi connectivity index (χ2n) is 14.7. The molecule has 0 bridgehead atoms. The van der Waals surface area contributed by atoms with Gasteiger partial charge in [-0.2, -0.15) is 5.10 Å². The van der Waals surface area contributed by atoms with E-state index in [1.165, 1.54) is 39.2 Å². The van der Waals surface area contributed by atoms with Crippen LogP contribution in [0.25, 0.3) is 6.08 Å². The number of pyridine rings is 1. The number of hydrazone groups is 1. The third-order valence-electron chi connectivity index (χ3n) is 10.7. The molecule has 7 aromatic rings. The normalized spacial score (nSPS) is 15.1. The van der Waals surface area contributed by atoms with E-state index in [4.69, 9.17) is 10.1 Å². The summed E-state index contributed by atoms with van der Waals surface area (Å²) < 4.78 is 0. The van der Waals surface area contributed by atoms with Crippen LogP contribution in [0.15, 0.2) is 205 Å². The highest BCUT2D eigenvalue weighted by molar-refractivity contribution is 6.02. The Balaban J connectivity index is 1.04. The zero-order chi connectivity index (χ0) is 38.7. The summed E-state index contributed by atoms with van der Waals surface area (Å²) in [6, 6.07) is 67.0. The van der Waals surface area contributed by atoms with Crippen LogP contribution in [0.5, 0.6) is 0 Å². The Morgan fingerprint density at radius 2 is 0.930 bits per heavy atom. The topological polar surface area (TPSA) is 35.0 Å². The van der Waals surface area contributed by atoms with Crippen molar-refractivity contribution in [2.75, 3.05) is 14.8 Å². The quantitative estimate of drug-likeness (QED) is 0.105. The van der Waals surface area contributed by atoms with Crippen molar-refractivity contribution >= 4 is 29.0 Å². The molecule has 2 atom stereocenters. The molecule has 5 nitrogen and oxygen atoms in total. The highest BCUT2D eigenvalue weighted by Gasteiger charge is 2.37. The van der Waals surface area contributed by atoms with Crippen LogP contribution in [0.1, 0.15) is 52.8 Å². The maximum Gasteiger partial charge on any atom is 0.149 e. The monoisotopic (exact) mass is 743 g/mol. The molecule has 282 valence electrons. The number of anilines is 3. The zero-order valence-electron chi connectivity index (χ0n) is 32.6. The first-order valence-electron chi connectivity index (χ1n) is 20.0. The molecule has 0 N–H and O–H groups in total. The highest BCUT2D eigenvalue weighted by Crippen LogP contribution is 2.41. The van der Waals surface area contributed by atoms with Crippen LogP contribution >= 0.6 is 0 Å². The summed E-state index contributed by atoms with van der Waals surface area (Å²) in [6.07, 6.45) is 7.21. The lowest BCUT2D eigenvalue weighted by molar-refractivity contribution is 0.534. The number of hydrogen-bond donors (Lipinski definition) is 0. The van der Waals surface area contributed by atoms with Crippen LogP contribution in [0.4, 0.5) is 17.2 Å². The molecule has 2 heterocycles. The SMILES string of the molecule is CCC1C(C=Cc2ccc(N(Cc3ccccc3)Cc3ccccc3)cc2)=NN(c2ccccn2)C1c1ccc(N(Cc2ccccc2)Cc2ccccc2)cc1. The van der Waals surface area contributed by atoms with Gasteiger partial charge in [0.05, 0.1) is 11.8 Å². The molecule has 1 aliphatic heterocycles. The van der Waals surface area contributed by atoms with Crippen molar-refractivity contribution in [3.8, 4) is 0 Å². The van der Waals surface area contributed by atoms with E-state index in [-0.39, 0.29) is 12.0 Å². The van der Waals surface area contributed by atoms with Crippen LogP contribution in [0, 0.1) is 5.92 Å². The fraction of sp³-hybridized carbons (Fsp3) is 0.154. The van der Waals surface area contributed by atoms with E-state index in [2.05, 4.69) is 210 Å². The Bertz CT molecular complexity index is 2250. The van der Waals surface area contributed by atoms with Crippen LogP contribution < -0.4 is 14.8 Å². The molecule has 0 aliphatic carbocycles. The summed E-state index contributed by atoms with van der Waals surface area (Å²) in [5, 5.41) is 7.40. The predicted octanol–water partition coefficient (Wildman–Crippen LogP) is 12.2. The van der Waals surface area contributed by atoms with Gasteiger partial charge in [-0.3, -0.25) is 0 Å². The molecule has 0 amide bonds. The van der Waals surface area contributed by atoms with Crippen LogP contribution in [0.3, 0.4) is 0 Å². The first-order chi connectivity index (χ1) is 28.2. The van der Waals surface area contributed by atoms with Gasteiger partial charge in [-0.25, -0.2) is 9.99 Å². The van der Waals surface area contributed by atoms with Crippen molar-refractivity contribution in [2.24, 2.45) is 11.0 Å². The fourth-order valence-electron chi connectivity index (χ4n) is 7.79. The van der Waals surface area contributed by atoms with Gasteiger partial charge in [0.2, 0.25) is 0 Å². The first kappa shape index (κ1) is 37.2. The minimum atomic E-state index is 0.0159. The number of nitrogens with zero attached hydrogens (tertiary/aromatic N) is 5. The van der Waals surface area contributed by atoms with E-state index >= 15 is 0 Å². The Labute approximate surface area is 337 Å². The van der Waals surface area contributed by atoms with Crippen LogP contribution in [-0.2, 0) is 26.2 Å². The lowest BCUT2D eigenvalue weighted by Gasteiger charge is -2.29. The number of benzene rings is 6. The molecule has 2 unspecified atom stereocenters. The first-order valence-corrected chi connectivity index (χ1v) is 20.0. The van der Waals surface area contributed by atoms with Crippen LogP contribution in [0.2, 0.25) is 0 Å². The summed E-state index contributed by atoms with van der Waals surface area (Å²) in [6.45, 7) is 5.59. The summed E-state index contributed by atoms with van der Waals surface area (Å²) >= 11 is 0. The van der Waals surface area contributed by atoms with Gasteiger partial charge >= 0.3 is 0 Å². The van der Waals surface area contributed by atoms with E-state index in [0.29, 0.717) is 0 Å². The predicted molar refractivity (Wildman–Crippen MR) is 238 cm³/mol.